The first kappa shape index (κ1) is 11.1. The summed E-state index contributed by atoms with van der Waals surface area (Å²) in [5.41, 5.74) is 0.301. The molecule has 1 aliphatic carbocycles. The van der Waals surface area contributed by atoms with Gasteiger partial charge < -0.3 is 5.32 Å². The minimum absolute atomic E-state index is 0.232. The summed E-state index contributed by atoms with van der Waals surface area (Å²) >= 11 is 17.6. The molecule has 5 heteroatoms. The van der Waals surface area contributed by atoms with Crippen LogP contribution in [0.4, 0.5) is 0 Å². The summed E-state index contributed by atoms with van der Waals surface area (Å²) in [7, 11) is 0. The van der Waals surface area contributed by atoms with Gasteiger partial charge in [0.15, 0.2) is 0 Å². The average Bonchev–Trinajstić information content (AvgIpc) is 2.85. The van der Waals surface area contributed by atoms with Gasteiger partial charge in [-0.3, -0.25) is 4.79 Å². The molecule has 0 spiro atoms. The zero-order valence-electron chi connectivity index (χ0n) is 7.69. The number of nitrogens with one attached hydrogen (secondary N) is 1. The molecule has 0 atom stereocenters. The molecule has 1 fully saturated rings. The Morgan fingerprint density at radius 3 is 2.20 bits per heavy atom. The van der Waals surface area contributed by atoms with E-state index in [1.54, 1.807) is 0 Å². The third-order valence-electron chi connectivity index (χ3n) is 2.15. The first-order valence-electron chi connectivity index (χ1n) is 4.53. The predicted octanol–water partition coefficient (Wildman–Crippen LogP) is 3.54. The van der Waals surface area contributed by atoms with Gasteiger partial charge in [0, 0.05) is 11.1 Å². The van der Waals surface area contributed by atoms with Crippen LogP contribution in [-0.4, -0.2) is 11.9 Å². The van der Waals surface area contributed by atoms with E-state index in [9.17, 15) is 4.79 Å². The lowest BCUT2D eigenvalue weighted by Gasteiger charge is -2.07. The maximum Gasteiger partial charge on any atom is 0.254 e. The molecule has 1 amide bonds. The summed E-state index contributed by atoms with van der Waals surface area (Å²) in [6.45, 7) is 0. The van der Waals surface area contributed by atoms with Crippen molar-refractivity contribution in [1.82, 2.24) is 5.32 Å². The van der Waals surface area contributed by atoms with Gasteiger partial charge in [-0.05, 0) is 25.0 Å². The number of hydrogen-bond acceptors (Lipinski definition) is 1. The molecule has 2 nitrogen and oxygen atoms in total. The van der Waals surface area contributed by atoms with Crippen molar-refractivity contribution in [3.8, 4) is 0 Å². The Bertz CT molecular complexity index is 392. The van der Waals surface area contributed by atoms with Crippen LogP contribution < -0.4 is 5.32 Å². The number of halogens is 3. The zero-order chi connectivity index (χ0) is 11.0. The van der Waals surface area contributed by atoms with Gasteiger partial charge in [-0.1, -0.05) is 34.8 Å². The number of carbonyl (C=O) groups excluding carboxylic acids is 1. The zero-order valence-corrected chi connectivity index (χ0v) is 9.96. The molecule has 0 saturated heterocycles. The highest BCUT2D eigenvalue weighted by Gasteiger charge is 2.25. The van der Waals surface area contributed by atoms with Crippen molar-refractivity contribution in [2.24, 2.45) is 0 Å². The van der Waals surface area contributed by atoms with E-state index < -0.39 is 0 Å². The van der Waals surface area contributed by atoms with Crippen LogP contribution in [0.25, 0.3) is 0 Å². The molecule has 0 heterocycles. The molecule has 1 N–H and O–H groups in total. The molecule has 0 aromatic heterocycles. The van der Waals surface area contributed by atoms with Crippen molar-refractivity contribution >= 4 is 40.7 Å². The van der Waals surface area contributed by atoms with Crippen LogP contribution in [0.2, 0.25) is 15.1 Å². The second-order valence-corrected chi connectivity index (χ2v) is 4.74. The molecule has 0 bridgehead atoms. The van der Waals surface area contributed by atoms with Gasteiger partial charge >= 0.3 is 0 Å². The maximum absolute atomic E-state index is 11.7. The van der Waals surface area contributed by atoms with Crippen LogP contribution in [0.5, 0.6) is 0 Å². The molecule has 0 radical (unpaired) electrons. The van der Waals surface area contributed by atoms with Crippen LogP contribution in [0.3, 0.4) is 0 Å². The molecular formula is C10H8Cl3NO. The molecule has 1 aliphatic rings. The molecule has 0 unspecified atom stereocenters. The summed E-state index contributed by atoms with van der Waals surface area (Å²) in [4.78, 5) is 11.7. The summed E-state index contributed by atoms with van der Waals surface area (Å²) in [6.07, 6.45) is 2.04. The van der Waals surface area contributed by atoms with E-state index in [0.717, 1.165) is 12.8 Å². The number of hydrogen-bond donors (Lipinski definition) is 1. The largest absolute Gasteiger partial charge is 0.349 e. The number of benzene rings is 1. The molecule has 1 aromatic carbocycles. The fraction of sp³-hybridized carbons (Fsp3) is 0.300. The van der Waals surface area contributed by atoms with Crippen molar-refractivity contribution in [1.29, 1.82) is 0 Å². The topological polar surface area (TPSA) is 29.1 Å². The van der Waals surface area contributed by atoms with Crippen molar-refractivity contribution in [3.05, 3.63) is 32.8 Å². The predicted molar refractivity (Wildman–Crippen MR) is 62.0 cm³/mol. The Morgan fingerprint density at radius 2 is 1.73 bits per heavy atom. The van der Waals surface area contributed by atoms with Crippen LogP contribution in [0.1, 0.15) is 23.2 Å². The maximum atomic E-state index is 11.7. The van der Waals surface area contributed by atoms with Crippen molar-refractivity contribution in [3.63, 3.8) is 0 Å². The van der Waals surface area contributed by atoms with E-state index in [4.69, 9.17) is 34.8 Å². The monoisotopic (exact) mass is 263 g/mol. The lowest BCUT2D eigenvalue weighted by Crippen LogP contribution is -2.25. The standard InChI is InChI=1S/C10H8Cl3NO/c11-5-3-7(12)9(8(13)4-5)10(15)14-6-1-2-6/h3-4,6H,1-2H2,(H,14,15). The van der Waals surface area contributed by atoms with Gasteiger partial charge in [0.2, 0.25) is 0 Å². The smallest absolute Gasteiger partial charge is 0.254 e. The molecule has 1 saturated carbocycles. The Kier molecular flexibility index (Phi) is 3.10. The Morgan fingerprint density at radius 1 is 1.20 bits per heavy atom. The summed E-state index contributed by atoms with van der Waals surface area (Å²) in [5, 5.41) is 3.81. The lowest BCUT2D eigenvalue weighted by molar-refractivity contribution is 0.0951. The van der Waals surface area contributed by atoms with E-state index in [0.29, 0.717) is 10.6 Å². The van der Waals surface area contributed by atoms with Gasteiger partial charge in [0.25, 0.3) is 5.91 Å². The first-order valence-corrected chi connectivity index (χ1v) is 5.66. The van der Waals surface area contributed by atoms with Crippen LogP contribution in [0.15, 0.2) is 12.1 Å². The Labute approximate surface area is 103 Å². The molecule has 0 aliphatic heterocycles. The van der Waals surface area contributed by atoms with E-state index in [1.807, 2.05) is 0 Å². The van der Waals surface area contributed by atoms with Gasteiger partial charge in [-0.15, -0.1) is 0 Å². The molecule has 15 heavy (non-hydrogen) atoms. The van der Waals surface area contributed by atoms with Gasteiger partial charge in [0.1, 0.15) is 0 Å². The van der Waals surface area contributed by atoms with Gasteiger partial charge in [-0.25, -0.2) is 0 Å². The molecule has 80 valence electrons. The molecule has 1 aromatic rings. The van der Waals surface area contributed by atoms with Crippen LogP contribution in [-0.2, 0) is 0 Å². The quantitative estimate of drug-likeness (QED) is 0.870. The average molecular weight is 265 g/mol. The van der Waals surface area contributed by atoms with E-state index in [-0.39, 0.29) is 22.0 Å². The first-order chi connectivity index (χ1) is 7.08. The molecular weight excluding hydrogens is 256 g/mol. The summed E-state index contributed by atoms with van der Waals surface area (Å²) in [6, 6.07) is 3.30. The second kappa shape index (κ2) is 4.20. The summed E-state index contributed by atoms with van der Waals surface area (Å²) in [5.74, 6) is -0.232. The number of amides is 1. The highest BCUT2D eigenvalue weighted by Crippen LogP contribution is 2.29. The highest BCUT2D eigenvalue weighted by atomic mass is 35.5. The second-order valence-electron chi connectivity index (χ2n) is 3.49. The highest BCUT2D eigenvalue weighted by molar-refractivity contribution is 6.42. The van der Waals surface area contributed by atoms with Gasteiger partial charge in [0.05, 0.1) is 15.6 Å². The Balaban J connectivity index is 2.29. The molecule has 2 rings (SSSR count). The van der Waals surface area contributed by atoms with Crippen molar-refractivity contribution in [2.45, 2.75) is 18.9 Å². The van der Waals surface area contributed by atoms with Crippen molar-refractivity contribution in [2.75, 3.05) is 0 Å². The Hall–Kier alpha value is -0.440. The third-order valence-corrected chi connectivity index (χ3v) is 2.96. The minimum atomic E-state index is -0.232. The third kappa shape index (κ3) is 2.57. The van der Waals surface area contributed by atoms with E-state index >= 15 is 0 Å². The SMILES string of the molecule is O=C(NC1CC1)c1c(Cl)cc(Cl)cc1Cl. The fourth-order valence-corrected chi connectivity index (χ4v) is 2.23. The van der Waals surface area contributed by atoms with Crippen LogP contribution >= 0.6 is 34.8 Å². The van der Waals surface area contributed by atoms with E-state index in [1.165, 1.54) is 12.1 Å². The normalized spacial score (nSPS) is 15.1. The van der Waals surface area contributed by atoms with E-state index in [2.05, 4.69) is 5.32 Å². The number of rotatable bonds is 2. The summed E-state index contributed by atoms with van der Waals surface area (Å²) < 4.78 is 0. The minimum Gasteiger partial charge on any atom is -0.349 e. The fourth-order valence-electron chi connectivity index (χ4n) is 1.24. The van der Waals surface area contributed by atoms with Gasteiger partial charge in [-0.2, -0.15) is 0 Å². The van der Waals surface area contributed by atoms with Crippen LogP contribution in [0, 0.1) is 0 Å². The van der Waals surface area contributed by atoms with Crippen molar-refractivity contribution < 1.29 is 4.79 Å². The lowest BCUT2D eigenvalue weighted by atomic mass is 10.2. The number of carbonyl (C=O) groups is 1.